The lowest BCUT2D eigenvalue weighted by atomic mass is 10.0. The van der Waals surface area contributed by atoms with Gasteiger partial charge in [-0.15, -0.1) is 5.53 Å². The Morgan fingerprint density at radius 2 is 1.82 bits per heavy atom. The lowest BCUT2D eigenvalue weighted by molar-refractivity contribution is -0.132. The molecule has 2 aliphatic rings. The highest BCUT2D eigenvalue weighted by molar-refractivity contribution is 6.42. The van der Waals surface area contributed by atoms with Crippen LogP contribution in [0.5, 0.6) is 0 Å². The maximum absolute atomic E-state index is 12.9. The molecule has 176 valence electrons. The summed E-state index contributed by atoms with van der Waals surface area (Å²) >= 11 is 12.2. The van der Waals surface area contributed by atoms with Gasteiger partial charge in [0.15, 0.2) is 0 Å². The average Bonchev–Trinajstić information content (AvgIpc) is 3.29. The summed E-state index contributed by atoms with van der Waals surface area (Å²) in [6.45, 7) is 5.57. The molecule has 0 saturated carbocycles. The number of carbonyl (C=O) groups excluding carboxylic acids is 1. The highest BCUT2D eigenvalue weighted by atomic mass is 35.5. The molecule has 2 aromatic carbocycles. The molecule has 8 heteroatoms. The van der Waals surface area contributed by atoms with Crippen molar-refractivity contribution in [1.29, 1.82) is 0 Å². The predicted octanol–water partition coefficient (Wildman–Crippen LogP) is 4.56. The third-order valence-corrected chi connectivity index (χ3v) is 6.99. The van der Waals surface area contributed by atoms with Crippen LogP contribution in [0.2, 0.25) is 10.0 Å². The fourth-order valence-electron chi connectivity index (χ4n) is 4.42. The van der Waals surface area contributed by atoms with Crippen LogP contribution in [0.1, 0.15) is 37.3 Å². The number of piperidine rings is 1. The second kappa shape index (κ2) is 11.3. The van der Waals surface area contributed by atoms with Crippen molar-refractivity contribution in [2.45, 2.75) is 45.2 Å². The fourth-order valence-corrected chi connectivity index (χ4v) is 4.74. The molecule has 0 unspecified atom stereocenters. The van der Waals surface area contributed by atoms with Crippen molar-refractivity contribution in [2.75, 3.05) is 19.6 Å². The molecule has 0 radical (unpaired) electrons. The van der Waals surface area contributed by atoms with E-state index in [1.807, 2.05) is 35.2 Å². The van der Waals surface area contributed by atoms with E-state index in [0.29, 0.717) is 23.0 Å². The topological polar surface area (TPSA) is 50.9 Å². The molecule has 6 nitrogen and oxygen atoms in total. The molecular weight excluding hydrogens is 457 g/mol. The van der Waals surface area contributed by atoms with Gasteiger partial charge in [0.05, 0.1) is 22.8 Å². The van der Waals surface area contributed by atoms with Gasteiger partial charge in [-0.05, 0) is 42.5 Å². The minimum atomic E-state index is 0.134. The molecule has 33 heavy (non-hydrogen) atoms. The maximum Gasteiger partial charge on any atom is 0.228 e. The number of likely N-dealkylation sites (tertiary alicyclic amines) is 1. The number of nitrogens with zero attached hydrogens (tertiary/aromatic N) is 3. The molecule has 2 N–H and O–H groups in total. The third-order valence-electron chi connectivity index (χ3n) is 6.26. The van der Waals surface area contributed by atoms with Crippen LogP contribution in [0, 0.1) is 0 Å². The first kappa shape index (κ1) is 23.9. The van der Waals surface area contributed by atoms with Gasteiger partial charge in [-0.25, -0.2) is 0 Å². The first-order valence-electron chi connectivity index (χ1n) is 11.6. The van der Waals surface area contributed by atoms with E-state index in [1.54, 1.807) is 6.07 Å². The number of hydrazine groups is 2. The van der Waals surface area contributed by atoms with Gasteiger partial charge >= 0.3 is 0 Å². The van der Waals surface area contributed by atoms with E-state index in [4.69, 9.17) is 23.2 Å². The van der Waals surface area contributed by atoms with E-state index < -0.39 is 0 Å². The highest BCUT2D eigenvalue weighted by Crippen LogP contribution is 2.25. The summed E-state index contributed by atoms with van der Waals surface area (Å²) in [4.78, 5) is 17.3. The van der Waals surface area contributed by atoms with Crippen molar-refractivity contribution in [3.63, 3.8) is 0 Å². The Kier molecular flexibility index (Phi) is 8.15. The number of halogens is 2. The van der Waals surface area contributed by atoms with Gasteiger partial charge in [0, 0.05) is 32.1 Å². The highest BCUT2D eigenvalue weighted by Gasteiger charge is 2.31. The van der Waals surface area contributed by atoms with Crippen LogP contribution in [0.15, 0.2) is 60.6 Å². The number of amides is 1. The first-order valence-corrected chi connectivity index (χ1v) is 12.3. The van der Waals surface area contributed by atoms with E-state index in [9.17, 15) is 4.79 Å². The van der Waals surface area contributed by atoms with Gasteiger partial charge in [0.1, 0.15) is 5.82 Å². The summed E-state index contributed by atoms with van der Waals surface area (Å²) in [6, 6.07) is 16.4. The summed E-state index contributed by atoms with van der Waals surface area (Å²) in [6.07, 6.45) is 5.42. The zero-order valence-corrected chi connectivity index (χ0v) is 20.4. The first-order chi connectivity index (χ1) is 16.0. The molecule has 1 amide bonds. The summed E-state index contributed by atoms with van der Waals surface area (Å²) in [5.74, 6) is 0.930. The maximum atomic E-state index is 12.9. The van der Waals surface area contributed by atoms with Crippen LogP contribution in [-0.2, 0) is 17.8 Å². The van der Waals surface area contributed by atoms with E-state index in [2.05, 4.69) is 46.2 Å². The molecule has 1 fully saturated rings. The van der Waals surface area contributed by atoms with Crippen molar-refractivity contribution in [1.82, 2.24) is 25.8 Å². The molecule has 0 bridgehead atoms. The Morgan fingerprint density at radius 3 is 2.52 bits per heavy atom. The summed E-state index contributed by atoms with van der Waals surface area (Å²) in [7, 11) is 0. The lowest BCUT2D eigenvalue weighted by Gasteiger charge is -2.38. The number of hydrogen-bond acceptors (Lipinski definition) is 5. The number of carbonyl (C=O) groups is 1. The lowest BCUT2D eigenvalue weighted by Crippen LogP contribution is -2.49. The molecule has 0 aromatic heterocycles. The van der Waals surface area contributed by atoms with Crippen molar-refractivity contribution >= 4 is 29.1 Å². The molecule has 2 aromatic rings. The molecular formula is C25H31Cl2N5O. The smallest absolute Gasteiger partial charge is 0.228 e. The van der Waals surface area contributed by atoms with E-state index in [-0.39, 0.29) is 11.9 Å². The number of nitrogens with one attached hydrogen (secondary N) is 2. The Morgan fingerprint density at radius 1 is 1.06 bits per heavy atom. The third kappa shape index (κ3) is 6.21. The van der Waals surface area contributed by atoms with Crippen LogP contribution in [0.3, 0.4) is 0 Å². The van der Waals surface area contributed by atoms with Crippen molar-refractivity contribution in [2.24, 2.45) is 0 Å². The Labute approximate surface area is 206 Å². The molecule has 2 aliphatic heterocycles. The average molecular weight is 488 g/mol. The normalized spacial score (nSPS) is 17.1. The Hall–Kier alpha value is -2.25. The van der Waals surface area contributed by atoms with E-state index in [0.717, 1.165) is 50.3 Å². The monoisotopic (exact) mass is 487 g/mol. The van der Waals surface area contributed by atoms with Gasteiger partial charge in [-0.3, -0.25) is 20.1 Å². The van der Waals surface area contributed by atoms with Crippen LogP contribution >= 0.6 is 23.2 Å². The van der Waals surface area contributed by atoms with Gasteiger partial charge in [0.2, 0.25) is 5.91 Å². The zero-order valence-electron chi connectivity index (χ0n) is 18.9. The SMILES string of the molecule is CCC(=O)N(C1=CN(Cc2ccc(Cl)c(Cl)c2)NN1)C1CCN(CCc2ccccc2)CC1. The van der Waals surface area contributed by atoms with Crippen LogP contribution in [-0.4, -0.2) is 46.4 Å². The van der Waals surface area contributed by atoms with E-state index in [1.165, 1.54) is 5.56 Å². The van der Waals surface area contributed by atoms with Crippen LogP contribution < -0.4 is 11.0 Å². The summed E-state index contributed by atoms with van der Waals surface area (Å²) in [5, 5.41) is 2.99. The fraction of sp³-hybridized carbons (Fsp3) is 0.400. The molecule has 1 saturated heterocycles. The molecule has 0 spiro atoms. The predicted molar refractivity (Wildman–Crippen MR) is 133 cm³/mol. The van der Waals surface area contributed by atoms with Crippen LogP contribution in [0.4, 0.5) is 0 Å². The molecule has 2 heterocycles. The number of rotatable bonds is 8. The molecule has 4 rings (SSSR count). The summed E-state index contributed by atoms with van der Waals surface area (Å²) < 4.78 is 0. The second-order valence-corrected chi connectivity index (χ2v) is 9.37. The number of hydrogen-bond donors (Lipinski definition) is 2. The van der Waals surface area contributed by atoms with Gasteiger partial charge in [-0.2, -0.15) is 0 Å². The van der Waals surface area contributed by atoms with Gasteiger partial charge < -0.3 is 4.90 Å². The molecule has 0 atom stereocenters. The van der Waals surface area contributed by atoms with Gasteiger partial charge in [-0.1, -0.05) is 66.5 Å². The zero-order chi connectivity index (χ0) is 23.2. The standard InChI is InChI=1S/C25H31Cl2N5O/c1-2-25(33)32(21-11-14-30(15-12-21)13-10-19-6-4-3-5-7-19)24-18-31(29-28-24)17-20-8-9-22(26)23(27)16-20/h3-9,16,18,21,28-29H,2,10-15,17H2,1H3. The minimum Gasteiger partial charge on any atom is -0.303 e. The minimum absolute atomic E-state index is 0.134. The van der Waals surface area contributed by atoms with Crippen LogP contribution in [0.25, 0.3) is 0 Å². The largest absolute Gasteiger partial charge is 0.303 e. The van der Waals surface area contributed by atoms with Crippen molar-refractivity contribution in [3.8, 4) is 0 Å². The van der Waals surface area contributed by atoms with E-state index >= 15 is 0 Å². The summed E-state index contributed by atoms with van der Waals surface area (Å²) in [5.41, 5.74) is 8.73. The van der Waals surface area contributed by atoms with Crippen molar-refractivity contribution in [3.05, 3.63) is 81.7 Å². The number of benzene rings is 2. The van der Waals surface area contributed by atoms with Crippen molar-refractivity contribution < 1.29 is 4.79 Å². The Balaban J connectivity index is 1.35. The second-order valence-electron chi connectivity index (χ2n) is 8.55. The molecule has 0 aliphatic carbocycles. The Bertz CT molecular complexity index is 976. The van der Waals surface area contributed by atoms with Gasteiger partial charge in [0.25, 0.3) is 0 Å². The quantitative estimate of drug-likeness (QED) is 0.571.